The molecule has 0 atom stereocenters. The van der Waals surface area contributed by atoms with Crippen molar-refractivity contribution in [3.63, 3.8) is 0 Å². The molecule has 438 valence electrons. The summed E-state index contributed by atoms with van der Waals surface area (Å²) in [5.41, 5.74) is 14.6. The molecule has 0 amide bonds. The summed E-state index contributed by atoms with van der Waals surface area (Å²) < 4.78 is 22.3. The van der Waals surface area contributed by atoms with Crippen molar-refractivity contribution in [2.75, 3.05) is 35.5 Å². The molecule has 12 rings (SSSR count). The number of allylic oxidation sites excluding steroid dienone is 10. The third kappa shape index (κ3) is 12.3. The number of carbonyl (C=O) groups excluding carboxylic acids is 4. The van der Waals surface area contributed by atoms with Crippen LogP contribution in [-0.2, 0) is 77.5 Å². The monoisotopic (exact) mass is 1230 g/mol. The molecular weight excluding hydrogens is 1180 g/mol. The Kier molecular flexibility index (Phi) is 17.6. The number of methoxy groups -OCH3 is 4. The van der Waals surface area contributed by atoms with Gasteiger partial charge in [-0.15, -0.1) is 22.1 Å². The molecule has 0 aliphatic carbocycles. The summed E-state index contributed by atoms with van der Waals surface area (Å²) in [4.78, 5) is 97.7. The number of imidazole rings is 1. The van der Waals surface area contributed by atoms with E-state index in [-0.39, 0.29) is 76.4 Å². The van der Waals surface area contributed by atoms with Gasteiger partial charge in [-0.3, -0.25) is 19.2 Å². The van der Waals surface area contributed by atoms with Crippen LogP contribution in [0.4, 0.5) is 0 Å². The average Bonchev–Trinajstić information content (AvgIpc) is 4.32. The molecule has 7 aliphatic heterocycles. The summed E-state index contributed by atoms with van der Waals surface area (Å²) in [6, 6.07) is 11.4. The molecule has 12 heterocycles. The molecule has 0 radical (unpaired) electrons. The van der Waals surface area contributed by atoms with Crippen molar-refractivity contribution in [3.05, 3.63) is 183 Å². The molecular formula is C68H56N12O8Zn. The summed E-state index contributed by atoms with van der Waals surface area (Å²) in [6.07, 6.45) is 27.5. The van der Waals surface area contributed by atoms with Gasteiger partial charge < -0.3 is 48.7 Å². The number of hydrogen-bond acceptors (Lipinski definition) is 16. The Hall–Kier alpha value is -10.8. The molecule has 5 aromatic rings. The van der Waals surface area contributed by atoms with E-state index in [0.29, 0.717) is 125 Å². The zero-order chi connectivity index (χ0) is 61.0. The predicted octanol–water partition coefficient (Wildman–Crippen LogP) is 8.75. The Bertz CT molecular complexity index is 4590. The van der Waals surface area contributed by atoms with E-state index in [1.54, 1.807) is 6.20 Å². The Labute approximate surface area is 524 Å². The number of aliphatic imine (C=N–C) groups is 3. The van der Waals surface area contributed by atoms with Crippen molar-refractivity contribution < 1.29 is 57.6 Å². The van der Waals surface area contributed by atoms with Gasteiger partial charge in [0.15, 0.2) is 0 Å². The zero-order valence-corrected chi connectivity index (χ0v) is 52.6. The second-order valence-corrected chi connectivity index (χ2v) is 20.8. The third-order valence-corrected chi connectivity index (χ3v) is 15.5. The van der Waals surface area contributed by atoms with Gasteiger partial charge in [0.25, 0.3) is 0 Å². The Morgan fingerprint density at radius 3 is 1.73 bits per heavy atom. The van der Waals surface area contributed by atoms with Crippen LogP contribution in [0.2, 0.25) is 0 Å². The van der Waals surface area contributed by atoms with E-state index in [2.05, 4.69) is 34.0 Å². The molecule has 0 spiro atoms. The largest absolute Gasteiger partial charge is 2.00 e. The fraction of sp³-hybridized carbons (Fsp3) is 0.206. The van der Waals surface area contributed by atoms with Crippen LogP contribution in [0.15, 0.2) is 147 Å². The zero-order valence-electron chi connectivity index (χ0n) is 49.6. The molecule has 7 aliphatic rings. The van der Waals surface area contributed by atoms with Crippen molar-refractivity contribution in [1.29, 1.82) is 0 Å². The molecule has 16 bridgehead atoms. The number of rotatable bonds is 13. The van der Waals surface area contributed by atoms with Crippen LogP contribution in [0.1, 0.15) is 89.4 Å². The minimum absolute atomic E-state index is 0. The molecule has 21 heteroatoms. The Balaban J connectivity index is 0.00000817. The first-order valence-corrected chi connectivity index (χ1v) is 28.3. The van der Waals surface area contributed by atoms with Gasteiger partial charge >= 0.3 is 43.4 Å². The van der Waals surface area contributed by atoms with Crippen LogP contribution in [0.5, 0.6) is 0 Å². The molecule has 0 unspecified atom stereocenters. The number of nitrogens with zero attached hydrogens (tertiary/aromatic N) is 10. The molecule has 5 aromatic heterocycles. The van der Waals surface area contributed by atoms with Gasteiger partial charge in [-0.1, -0.05) is 30.2 Å². The number of ether oxygens (including phenoxy) is 4. The minimum atomic E-state index is -0.393. The molecule has 0 saturated heterocycles. The Morgan fingerprint density at radius 1 is 0.551 bits per heavy atom. The summed E-state index contributed by atoms with van der Waals surface area (Å²) in [6.45, 7) is 0. The van der Waals surface area contributed by atoms with Crippen molar-refractivity contribution in [3.8, 4) is 35.1 Å². The van der Waals surface area contributed by atoms with E-state index in [1.165, 1.54) is 28.4 Å². The quantitative estimate of drug-likeness (QED) is 0.0474. The molecule has 0 aromatic carbocycles. The number of esters is 4. The van der Waals surface area contributed by atoms with Gasteiger partial charge in [-0.25, -0.2) is 29.9 Å². The maximum atomic E-state index is 12.8. The smallest absolute Gasteiger partial charge is 0.657 e. The summed E-state index contributed by atoms with van der Waals surface area (Å²) in [5, 5.41) is 3.38. The predicted molar refractivity (Wildman–Crippen MR) is 335 cm³/mol. The molecule has 20 nitrogen and oxygen atoms in total. The molecule has 89 heavy (non-hydrogen) atoms. The Morgan fingerprint density at radius 2 is 1.08 bits per heavy atom. The topological polar surface area (TPSA) is 245 Å². The van der Waals surface area contributed by atoms with Crippen LogP contribution >= 0.6 is 0 Å². The maximum Gasteiger partial charge on any atom is 2.00 e. The van der Waals surface area contributed by atoms with E-state index >= 15 is 0 Å². The first-order valence-electron chi connectivity index (χ1n) is 28.3. The number of aryl methyl sites for hydroxylation is 3. The van der Waals surface area contributed by atoms with Gasteiger partial charge in [0, 0.05) is 92.5 Å². The maximum absolute atomic E-state index is 12.8. The summed E-state index contributed by atoms with van der Waals surface area (Å²) >= 11 is 0. The van der Waals surface area contributed by atoms with E-state index in [0.717, 1.165) is 28.4 Å². The van der Waals surface area contributed by atoms with Gasteiger partial charge in [-0.2, -0.15) is 0 Å². The first-order chi connectivity index (χ1) is 42.9. The van der Waals surface area contributed by atoms with Crippen LogP contribution in [0.25, 0.3) is 68.9 Å². The minimum Gasteiger partial charge on any atom is -0.657 e. The second-order valence-electron chi connectivity index (χ2n) is 20.8. The van der Waals surface area contributed by atoms with Crippen LogP contribution in [0, 0.1) is 23.7 Å². The molecule has 0 fully saturated rings. The number of carbonyl (C=O) groups is 4. The summed E-state index contributed by atoms with van der Waals surface area (Å²) in [7, 11) is 9.28. The fourth-order valence-electron chi connectivity index (χ4n) is 11.0. The van der Waals surface area contributed by atoms with Gasteiger partial charge in [0.05, 0.1) is 102 Å². The third-order valence-electron chi connectivity index (χ3n) is 15.5. The van der Waals surface area contributed by atoms with Crippen LogP contribution < -0.4 is 15.3 Å². The average molecular weight is 1230 g/mol. The summed E-state index contributed by atoms with van der Waals surface area (Å²) in [5.74, 6) is 12.8. The van der Waals surface area contributed by atoms with E-state index < -0.39 is 11.9 Å². The first kappa shape index (κ1) is 60.0. The number of aromatic nitrogens is 7. The van der Waals surface area contributed by atoms with Crippen LogP contribution in [0.3, 0.4) is 0 Å². The van der Waals surface area contributed by atoms with Crippen molar-refractivity contribution in [2.45, 2.75) is 51.4 Å². The van der Waals surface area contributed by atoms with E-state index in [1.807, 2.05) is 139 Å². The van der Waals surface area contributed by atoms with E-state index in [9.17, 15) is 19.2 Å². The van der Waals surface area contributed by atoms with Gasteiger partial charge in [-0.05, 0) is 127 Å². The van der Waals surface area contributed by atoms with Gasteiger partial charge in [0.2, 0.25) is 0 Å². The standard InChI is InChI=1S/C68H56N12O8.Zn/c1-79-37-35-69-67(79)65-57-27-23-53(75-57)41(11-31-61(81)85-3)49-19-15-45(71-49)39(46-16-20-50(72-46)42(12-32-62(82)86-4)54-24-28-58(65)76-54)9-7-8-10-40-47-17-21-51(73-47)43(13-33-63(83)87-5)55-25-29-59(77-55)66(68-70-36-38-80(68)2)60-30-26-56(78-60)44(14-34-64(84)88-6)52-22-18-48(40)74-52;/h15-30,35-38H,11-14,31-34H2,1-6H3,(H2-2,69,70,71,72,73,74,75,76,77,78);/q-2;+2. The SMILES string of the molecule is COC(=O)CCC1=C2C=CC(=N2)/C(=C2/NC=CN2C)c2ccc([nH]2)C(CCC(=O)OC)=C2C=CC(=N2)C(C#CC#Cc2c3nc(c(CCC(=O)OC)c4ccc([n-]4)c(-c4nccn4C)c4nc(c(CCC(=O)OC)c5ccc2[n-]5)C=C4)C=C3)=C2C=CC1=N2.[Zn+2]. The number of nitrogens with one attached hydrogen (secondary N) is 2. The molecule has 0 saturated carbocycles. The van der Waals surface area contributed by atoms with Gasteiger partial charge in [0.1, 0.15) is 11.6 Å². The van der Waals surface area contributed by atoms with Crippen molar-refractivity contribution >= 4 is 98.5 Å². The van der Waals surface area contributed by atoms with Crippen molar-refractivity contribution in [1.82, 2.24) is 44.7 Å². The van der Waals surface area contributed by atoms with Crippen molar-refractivity contribution in [2.24, 2.45) is 22.0 Å². The molecule has 2 N–H and O–H groups in total. The number of aromatic amines is 1. The number of H-pyrrole nitrogens is 1. The van der Waals surface area contributed by atoms with E-state index in [4.69, 9.17) is 58.8 Å². The second kappa shape index (κ2) is 26.1. The normalized spacial score (nSPS) is 15.8. The fourth-order valence-corrected chi connectivity index (χ4v) is 11.0. The number of hydrogen-bond donors (Lipinski definition) is 2. The van der Waals surface area contributed by atoms with Crippen LogP contribution in [-0.4, -0.2) is 106 Å². The number of fused-ring (bicyclic) bond motifs is 13.